The lowest BCUT2D eigenvalue weighted by molar-refractivity contribution is -0.0326. The molecule has 3 nitrogen and oxygen atoms in total. The summed E-state index contributed by atoms with van der Waals surface area (Å²) in [5.74, 6) is 0.946. The minimum Gasteiger partial charge on any atom is -0.491 e. The smallest absolute Gasteiger partial charge is 0.119 e. The average Bonchev–Trinajstić information content (AvgIpc) is 2.90. The van der Waals surface area contributed by atoms with Crippen molar-refractivity contribution in [3.63, 3.8) is 0 Å². The first-order valence-corrected chi connectivity index (χ1v) is 7.22. The predicted octanol–water partition coefficient (Wildman–Crippen LogP) is 2.97. The summed E-state index contributed by atoms with van der Waals surface area (Å²) < 4.78 is 11.8. The van der Waals surface area contributed by atoms with Crippen LogP contribution in [0.2, 0.25) is 0 Å². The highest BCUT2D eigenvalue weighted by molar-refractivity contribution is 5.40. The highest BCUT2D eigenvalue weighted by atomic mass is 16.6. The van der Waals surface area contributed by atoms with E-state index in [0.717, 1.165) is 31.4 Å². The molecular formula is C16H23NO2. The van der Waals surface area contributed by atoms with Gasteiger partial charge in [0.1, 0.15) is 12.4 Å². The molecule has 1 saturated heterocycles. The monoisotopic (exact) mass is 261 g/mol. The normalized spacial score (nSPS) is 28.4. The summed E-state index contributed by atoms with van der Waals surface area (Å²) in [6.07, 6.45) is 4.55. The van der Waals surface area contributed by atoms with Gasteiger partial charge in [-0.25, -0.2) is 0 Å². The van der Waals surface area contributed by atoms with E-state index in [1.807, 2.05) is 6.07 Å². The van der Waals surface area contributed by atoms with Crippen LogP contribution >= 0.6 is 0 Å². The van der Waals surface area contributed by atoms with Gasteiger partial charge in [-0.2, -0.15) is 0 Å². The lowest BCUT2D eigenvalue weighted by Gasteiger charge is -2.19. The Morgan fingerprint density at radius 2 is 2.21 bits per heavy atom. The molecule has 0 amide bonds. The quantitative estimate of drug-likeness (QED) is 0.909. The number of fused-ring (bicyclic) bond motifs is 1. The Balaban J connectivity index is 1.59. The number of hydrogen-bond acceptors (Lipinski definition) is 3. The van der Waals surface area contributed by atoms with E-state index in [2.05, 4.69) is 26.0 Å². The molecule has 3 rings (SSSR count). The molecule has 1 aliphatic heterocycles. The first-order chi connectivity index (χ1) is 9.03. The molecule has 1 aromatic rings. The van der Waals surface area contributed by atoms with E-state index >= 15 is 0 Å². The number of hydrogen-bond donors (Lipinski definition) is 1. The zero-order valence-electron chi connectivity index (χ0n) is 11.8. The van der Waals surface area contributed by atoms with E-state index in [1.165, 1.54) is 11.1 Å². The van der Waals surface area contributed by atoms with Gasteiger partial charge >= 0.3 is 0 Å². The largest absolute Gasteiger partial charge is 0.491 e. The van der Waals surface area contributed by atoms with Gasteiger partial charge in [0.25, 0.3) is 0 Å². The molecule has 104 valence electrons. The third-order valence-corrected chi connectivity index (χ3v) is 4.23. The van der Waals surface area contributed by atoms with Crippen LogP contribution in [0.1, 0.15) is 50.3 Å². The SMILES string of the molecule is CC1(C)CCC(COc2ccc3c(c2)CC[C@H]3N)O1. The van der Waals surface area contributed by atoms with E-state index in [4.69, 9.17) is 15.2 Å². The van der Waals surface area contributed by atoms with Crippen LogP contribution in [0, 0.1) is 0 Å². The molecule has 2 N–H and O–H groups in total. The van der Waals surface area contributed by atoms with Gasteiger partial charge in [0.2, 0.25) is 0 Å². The molecule has 2 aliphatic rings. The van der Waals surface area contributed by atoms with Crippen LogP contribution < -0.4 is 10.5 Å². The van der Waals surface area contributed by atoms with Gasteiger partial charge in [0.15, 0.2) is 0 Å². The van der Waals surface area contributed by atoms with Crippen LogP contribution in [-0.4, -0.2) is 18.3 Å². The van der Waals surface area contributed by atoms with Crippen molar-refractivity contribution < 1.29 is 9.47 Å². The van der Waals surface area contributed by atoms with Crippen LogP contribution in [0.3, 0.4) is 0 Å². The van der Waals surface area contributed by atoms with Crippen LogP contribution in [0.4, 0.5) is 0 Å². The van der Waals surface area contributed by atoms with Gasteiger partial charge in [0, 0.05) is 6.04 Å². The van der Waals surface area contributed by atoms with Crippen LogP contribution in [0.25, 0.3) is 0 Å². The Labute approximate surface area is 115 Å². The molecule has 1 unspecified atom stereocenters. The van der Waals surface area contributed by atoms with Crippen molar-refractivity contribution in [1.29, 1.82) is 0 Å². The van der Waals surface area contributed by atoms with Crippen molar-refractivity contribution in [2.75, 3.05) is 6.61 Å². The third-order valence-electron chi connectivity index (χ3n) is 4.23. The van der Waals surface area contributed by atoms with Crippen molar-refractivity contribution in [3.8, 4) is 5.75 Å². The van der Waals surface area contributed by atoms with Gasteiger partial charge in [0.05, 0.1) is 11.7 Å². The highest BCUT2D eigenvalue weighted by Gasteiger charge is 2.32. The zero-order valence-corrected chi connectivity index (χ0v) is 11.8. The Hall–Kier alpha value is -1.06. The number of nitrogens with two attached hydrogens (primary N) is 1. The third kappa shape index (κ3) is 2.77. The summed E-state index contributed by atoms with van der Waals surface area (Å²) in [6, 6.07) is 6.50. The second kappa shape index (κ2) is 4.80. The molecule has 2 atom stereocenters. The van der Waals surface area contributed by atoms with Crippen molar-refractivity contribution in [1.82, 2.24) is 0 Å². The van der Waals surface area contributed by atoms with Gasteiger partial charge in [-0.1, -0.05) is 6.07 Å². The van der Waals surface area contributed by atoms with Crippen LogP contribution in [0.5, 0.6) is 5.75 Å². The van der Waals surface area contributed by atoms with E-state index in [-0.39, 0.29) is 17.7 Å². The standard InChI is InChI=1S/C16H23NO2/c1-16(2)8-7-13(19-16)10-18-12-4-5-14-11(9-12)3-6-15(14)17/h4-5,9,13,15H,3,6-8,10,17H2,1-2H3/t13?,15-/m1/s1. The summed E-state index contributed by atoms with van der Waals surface area (Å²) in [6.45, 7) is 4.93. The summed E-state index contributed by atoms with van der Waals surface area (Å²) in [4.78, 5) is 0. The average molecular weight is 261 g/mol. The molecule has 0 saturated carbocycles. The molecule has 19 heavy (non-hydrogen) atoms. The maximum atomic E-state index is 6.04. The van der Waals surface area contributed by atoms with Gasteiger partial charge in [-0.05, 0) is 62.8 Å². The predicted molar refractivity (Wildman–Crippen MR) is 75.4 cm³/mol. The second-order valence-corrected chi connectivity index (χ2v) is 6.36. The molecule has 1 heterocycles. The molecule has 0 bridgehead atoms. The minimum absolute atomic E-state index is 0.0126. The van der Waals surface area contributed by atoms with Gasteiger partial charge in [-0.3, -0.25) is 0 Å². The number of rotatable bonds is 3. The zero-order chi connectivity index (χ0) is 13.5. The summed E-state index contributed by atoms with van der Waals surface area (Å²) >= 11 is 0. The van der Waals surface area contributed by atoms with Crippen LogP contribution in [-0.2, 0) is 11.2 Å². The second-order valence-electron chi connectivity index (χ2n) is 6.36. The fraction of sp³-hybridized carbons (Fsp3) is 0.625. The first kappa shape index (κ1) is 12.9. The van der Waals surface area contributed by atoms with E-state index < -0.39 is 0 Å². The van der Waals surface area contributed by atoms with Gasteiger partial charge in [-0.15, -0.1) is 0 Å². The topological polar surface area (TPSA) is 44.5 Å². The molecule has 0 spiro atoms. The lowest BCUT2D eigenvalue weighted by atomic mass is 10.1. The Bertz CT molecular complexity index is 470. The molecule has 1 fully saturated rings. The fourth-order valence-electron chi connectivity index (χ4n) is 3.10. The van der Waals surface area contributed by atoms with E-state index in [1.54, 1.807) is 0 Å². The summed E-state index contributed by atoms with van der Waals surface area (Å²) in [5, 5.41) is 0. The highest BCUT2D eigenvalue weighted by Crippen LogP contribution is 2.33. The molecule has 3 heteroatoms. The maximum Gasteiger partial charge on any atom is 0.119 e. The van der Waals surface area contributed by atoms with E-state index in [9.17, 15) is 0 Å². The number of benzene rings is 1. The lowest BCUT2D eigenvalue weighted by Crippen LogP contribution is -2.23. The summed E-state index contributed by atoms with van der Waals surface area (Å²) in [5.41, 5.74) is 8.68. The fourth-order valence-corrected chi connectivity index (χ4v) is 3.10. The van der Waals surface area contributed by atoms with Crippen LogP contribution in [0.15, 0.2) is 18.2 Å². The number of aryl methyl sites for hydroxylation is 1. The Morgan fingerprint density at radius 3 is 2.95 bits per heavy atom. The molecular weight excluding hydrogens is 238 g/mol. The van der Waals surface area contributed by atoms with Crippen molar-refractivity contribution in [2.45, 2.75) is 57.3 Å². The molecule has 1 aromatic carbocycles. The van der Waals surface area contributed by atoms with Gasteiger partial charge < -0.3 is 15.2 Å². The minimum atomic E-state index is 0.0126. The number of ether oxygens (including phenoxy) is 2. The Kier molecular flexibility index (Phi) is 3.27. The summed E-state index contributed by atoms with van der Waals surface area (Å²) in [7, 11) is 0. The maximum absolute atomic E-state index is 6.04. The van der Waals surface area contributed by atoms with Crippen molar-refractivity contribution >= 4 is 0 Å². The molecule has 0 aromatic heterocycles. The molecule has 1 aliphatic carbocycles. The van der Waals surface area contributed by atoms with Crippen molar-refractivity contribution in [2.24, 2.45) is 5.73 Å². The first-order valence-electron chi connectivity index (χ1n) is 7.22. The Morgan fingerprint density at radius 1 is 1.37 bits per heavy atom. The molecule has 0 radical (unpaired) electrons. The van der Waals surface area contributed by atoms with Crippen molar-refractivity contribution in [3.05, 3.63) is 29.3 Å². The van der Waals surface area contributed by atoms with E-state index in [0.29, 0.717) is 6.61 Å².